The highest BCUT2D eigenvalue weighted by atomic mass is 19.2. The van der Waals surface area contributed by atoms with Gasteiger partial charge in [0.1, 0.15) is 0 Å². The summed E-state index contributed by atoms with van der Waals surface area (Å²) in [6.45, 7) is 3.07. The number of amides is 1. The smallest absolute Gasteiger partial charge is 0.253 e. The number of ether oxygens (including phenoxy) is 1. The van der Waals surface area contributed by atoms with E-state index in [4.69, 9.17) is 4.74 Å². The fourth-order valence-electron chi connectivity index (χ4n) is 4.12. The second-order valence-corrected chi connectivity index (χ2v) is 7.15. The van der Waals surface area contributed by atoms with Crippen LogP contribution in [0.2, 0.25) is 0 Å². The number of methoxy groups -OCH3 is 1. The molecule has 1 spiro atoms. The molecule has 2 heterocycles. The lowest BCUT2D eigenvalue weighted by Gasteiger charge is -2.39. The summed E-state index contributed by atoms with van der Waals surface area (Å²) in [5, 5.41) is 0. The highest BCUT2D eigenvalue weighted by molar-refractivity contribution is 5.94. The van der Waals surface area contributed by atoms with Gasteiger partial charge in [-0.25, -0.2) is 8.78 Å². The Morgan fingerprint density at radius 3 is 2.62 bits per heavy atom. The second kappa shape index (κ2) is 6.76. The lowest BCUT2D eigenvalue weighted by atomic mass is 9.76. The van der Waals surface area contributed by atoms with Crippen molar-refractivity contribution in [2.75, 3.05) is 40.4 Å². The van der Waals surface area contributed by atoms with Crippen LogP contribution < -0.4 is 0 Å². The SMILES string of the molecule is COC[C@H]1CC2(CCN(C(=O)c3ccc(F)c(F)c3)CC2)CN1C. The molecule has 0 bridgehead atoms. The first-order chi connectivity index (χ1) is 11.4. The minimum Gasteiger partial charge on any atom is -0.383 e. The third-order valence-electron chi connectivity index (χ3n) is 5.51. The Morgan fingerprint density at radius 2 is 2.00 bits per heavy atom. The van der Waals surface area contributed by atoms with Crippen LogP contribution in [0.15, 0.2) is 18.2 Å². The number of rotatable bonds is 3. The lowest BCUT2D eigenvalue weighted by Crippen LogP contribution is -2.44. The number of likely N-dealkylation sites (N-methyl/N-ethyl adjacent to an activating group) is 1. The maximum absolute atomic E-state index is 13.3. The Labute approximate surface area is 141 Å². The maximum Gasteiger partial charge on any atom is 0.253 e. The van der Waals surface area contributed by atoms with Gasteiger partial charge in [0.25, 0.3) is 5.91 Å². The molecule has 0 aliphatic carbocycles. The van der Waals surface area contributed by atoms with E-state index < -0.39 is 11.6 Å². The van der Waals surface area contributed by atoms with Gasteiger partial charge < -0.3 is 14.5 Å². The third kappa shape index (κ3) is 3.30. The van der Waals surface area contributed by atoms with E-state index in [0.717, 1.165) is 44.5 Å². The number of piperidine rings is 1. The molecule has 1 amide bonds. The predicted octanol–water partition coefficient (Wildman–Crippen LogP) is 2.54. The van der Waals surface area contributed by atoms with Gasteiger partial charge in [0.15, 0.2) is 11.6 Å². The molecule has 1 atom stereocenters. The fourth-order valence-corrected chi connectivity index (χ4v) is 4.12. The number of benzene rings is 1. The molecule has 2 aliphatic rings. The predicted molar refractivity (Wildman–Crippen MR) is 86.8 cm³/mol. The first kappa shape index (κ1) is 17.3. The molecule has 1 aromatic rings. The van der Waals surface area contributed by atoms with E-state index in [0.29, 0.717) is 19.1 Å². The number of hydrogen-bond acceptors (Lipinski definition) is 3. The summed E-state index contributed by atoms with van der Waals surface area (Å²) in [6, 6.07) is 3.78. The first-order valence-corrected chi connectivity index (χ1v) is 8.38. The zero-order valence-electron chi connectivity index (χ0n) is 14.2. The average molecular weight is 338 g/mol. The van der Waals surface area contributed by atoms with Crippen LogP contribution in [0.5, 0.6) is 0 Å². The van der Waals surface area contributed by atoms with E-state index in [1.807, 2.05) is 0 Å². The molecule has 3 rings (SSSR count). The normalized spacial score (nSPS) is 23.8. The second-order valence-electron chi connectivity index (χ2n) is 7.15. The zero-order valence-corrected chi connectivity index (χ0v) is 14.2. The standard InChI is InChI=1S/C18H24F2N2O2/c1-21-12-18(10-14(21)11-24-2)5-7-22(8-6-18)17(23)13-3-4-15(19)16(20)9-13/h3-4,9,14H,5-8,10-12H2,1-2H3/t14-/m1/s1. The van der Waals surface area contributed by atoms with Crippen LogP contribution in [0.3, 0.4) is 0 Å². The van der Waals surface area contributed by atoms with Crippen molar-refractivity contribution >= 4 is 5.91 Å². The molecule has 0 radical (unpaired) electrons. The van der Waals surface area contributed by atoms with Crippen molar-refractivity contribution in [1.29, 1.82) is 0 Å². The molecule has 0 saturated carbocycles. The van der Waals surface area contributed by atoms with E-state index in [2.05, 4.69) is 11.9 Å². The van der Waals surface area contributed by atoms with Crippen LogP contribution >= 0.6 is 0 Å². The van der Waals surface area contributed by atoms with E-state index in [1.165, 1.54) is 6.07 Å². The Hall–Kier alpha value is -1.53. The topological polar surface area (TPSA) is 32.8 Å². The highest BCUT2D eigenvalue weighted by Crippen LogP contribution is 2.43. The molecular weight excluding hydrogens is 314 g/mol. The minimum absolute atomic E-state index is 0.214. The van der Waals surface area contributed by atoms with Crippen LogP contribution in [0.25, 0.3) is 0 Å². The van der Waals surface area contributed by atoms with E-state index in [1.54, 1.807) is 12.0 Å². The van der Waals surface area contributed by atoms with Crippen molar-refractivity contribution in [3.63, 3.8) is 0 Å². The van der Waals surface area contributed by atoms with Crippen molar-refractivity contribution in [2.45, 2.75) is 25.3 Å². The molecule has 2 fully saturated rings. The Morgan fingerprint density at radius 1 is 1.29 bits per heavy atom. The van der Waals surface area contributed by atoms with E-state index >= 15 is 0 Å². The van der Waals surface area contributed by atoms with Crippen LogP contribution in [-0.4, -0.2) is 62.1 Å². The van der Waals surface area contributed by atoms with Gasteiger partial charge in [-0.1, -0.05) is 0 Å². The lowest BCUT2D eigenvalue weighted by molar-refractivity contribution is 0.0591. The average Bonchev–Trinajstić information content (AvgIpc) is 2.86. The number of halogens is 2. The van der Waals surface area contributed by atoms with Crippen LogP contribution in [0, 0.1) is 17.0 Å². The summed E-state index contributed by atoms with van der Waals surface area (Å²) in [4.78, 5) is 16.6. The number of carbonyl (C=O) groups is 1. The summed E-state index contributed by atoms with van der Waals surface area (Å²) in [7, 11) is 3.85. The van der Waals surface area contributed by atoms with Crippen molar-refractivity contribution in [3.05, 3.63) is 35.4 Å². The number of carbonyl (C=O) groups excluding carboxylic acids is 1. The molecule has 4 nitrogen and oxygen atoms in total. The van der Waals surface area contributed by atoms with Gasteiger partial charge in [-0.3, -0.25) is 4.79 Å². The molecule has 2 aliphatic heterocycles. The first-order valence-electron chi connectivity index (χ1n) is 8.38. The van der Waals surface area contributed by atoms with Gasteiger partial charge in [0, 0.05) is 38.3 Å². The molecular formula is C18H24F2N2O2. The zero-order chi connectivity index (χ0) is 17.3. The van der Waals surface area contributed by atoms with Crippen LogP contribution in [0.4, 0.5) is 8.78 Å². The van der Waals surface area contributed by atoms with Crippen LogP contribution in [0.1, 0.15) is 29.6 Å². The van der Waals surface area contributed by atoms with E-state index in [9.17, 15) is 13.6 Å². The number of hydrogen-bond donors (Lipinski definition) is 0. The van der Waals surface area contributed by atoms with Gasteiger partial charge in [0.05, 0.1) is 6.61 Å². The summed E-state index contributed by atoms with van der Waals surface area (Å²) in [6.07, 6.45) is 2.96. The Kier molecular flexibility index (Phi) is 4.88. The molecule has 0 unspecified atom stereocenters. The molecule has 132 valence electrons. The fraction of sp³-hybridized carbons (Fsp3) is 0.611. The third-order valence-corrected chi connectivity index (χ3v) is 5.51. The summed E-state index contributed by atoms with van der Waals surface area (Å²) < 4.78 is 31.7. The maximum atomic E-state index is 13.3. The van der Waals surface area contributed by atoms with Crippen molar-refractivity contribution < 1.29 is 18.3 Å². The quantitative estimate of drug-likeness (QED) is 0.849. The molecule has 6 heteroatoms. The van der Waals surface area contributed by atoms with Gasteiger partial charge >= 0.3 is 0 Å². The molecule has 2 saturated heterocycles. The van der Waals surface area contributed by atoms with Crippen molar-refractivity contribution in [2.24, 2.45) is 5.41 Å². The van der Waals surface area contributed by atoms with Crippen molar-refractivity contribution in [1.82, 2.24) is 9.80 Å². The monoisotopic (exact) mass is 338 g/mol. The summed E-state index contributed by atoms with van der Waals surface area (Å²) >= 11 is 0. The Balaban J connectivity index is 1.63. The molecule has 0 N–H and O–H groups in total. The summed E-state index contributed by atoms with van der Waals surface area (Å²) in [5.41, 5.74) is 0.452. The van der Waals surface area contributed by atoms with Crippen molar-refractivity contribution in [3.8, 4) is 0 Å². The van der Waals surface area contributed by atoms with E-state index in [-0.39, 0.29) is 16.9 Å². The van der Waals surface area contributed by atoms with Gasteiger partial charge in [0.2, 0.25) is 0 Å². The number of nitrogens with zero attached hydrogens (tertiary/aromatic N) is 2. The highest BCUT2D eigenvalue weighted by Gasteiger charge is 2.44. The van der Waals surface area contributed by atoms with Crippen LogP contribution in [-0.2, 0) is 4.74 Å². The van der Waals surface area contributed by atoms with Gasteiger partial charge in [-0.2, -0.15) is 0 Å². The molecule has 0 aromatic heterocycles. The van der Waals surface area contributed by atoms with Gasteiger partial charge in [-0.05, 0) is 49.9 Å². The number of likely N-dealkylation sites (tertiary alicyclic amines) is 2. The minimum atomic E-state index is -0.978. The van der Waals surface area contributed by atoms with Gasteiger partial charge in [-0.15, -0.1) is 0 Å². The summed E-state index contributed by atoms with van der Waals surface area (Å²) in [5.74, 6) is -2.12. The molecule has 24 heavy (non-hydrogen) atoms. The molecule has 1 aromatic carbocycles. The Bertz CT molecular complexity index is 615. The largest absolute Gasteiger partial charge is 0.383 e.